The van der Waals surface area contributed by atoms with Gasteiger partial charge < -0.3 is 5.32 Å². The third-order valence-corrected chi connectivity index (χ3v) is 5.28. The van der Waals surface area contributed by atoms with Crippen molar-refractivity contribution in [3.05, 3.63) is 0 Å². The zero-order valence-corrected chi connectivity index (χ0v) is 9.39. The van der Waals surface area contributed by atoms with Crippen LogP contribution in [0.1, 0.15) is 33.6 Å². The van der Waals surface area contributed by atoms with Crippen molar-refractivity contribution < 1.29 is 8.42 Å². The Balaban J connectivity index is 2.81. The first-order chi connectivity index (χ1) is 6.01. The number of hydrogen-bond donors (Lipinski definition) is 1. The van der Waals surface area contributed by atoms with Crippen LogP contribution in [0.3, 0.4) is 0 Å². The van der Waals surface area contributed by atoms with E-state index in [1.165, 1.54) is 0 Å². The van der Waals surface area contributed by atoms with E-state index in [0.29, 0.717) is 5.75 Å². The molecule has 1 aliphatic heterocycles. The maximum atomic E-state index is 11.7. The Labute approximate surface area is 80.8 Å². The summed E-state index contributed by atoms with van der Waals surface area (Å²) in [6, 6.07) is 0.301. The van der Waals surface area contributed by atoms with Crippen LogP contribution < -0.4 is 5.32 Å². The molecule has 0 spiro atoms. The van der Waals surface area contributed by atoms with Gasteiger partial charge in [0, 0.05) is 12.1 Å². The van der Waals surface area contributed by atoms with Gasteiger partial charge in [0.1, 0.15) is 0 Å². The Morgan fingerprint density at radius 2 is 1.92 bits per heavy atom. The van der Waals surface area contributed by atoms with Crippen LogP contribution in [0.25, 0.3) is 0 Å². The van der Waals surface area contributed by atoms with E-state index >= 15 is 0 Å². The van der Waals surface area contributed by atoms with Crippen LogP contribution in [0.4, 0.5) is 0 Å². The van der Waals surface area contributed by atoms with E-state index in [0.717, 1.165) is 12.8 Å². The monoisotopic (exact) mass is 205 g/mol. The van der Waals surface area contributed by atoms with Crippen molar-refractivity contribution in [1.82, 2.24) is 5.32 Å². The van der Waals surface area contributed by atoms with Crippen LogP contribution in [-0.2, 0) is 9.84 Å². The van der Waals surface area contributed by atoms with Crippen LogP contribution in [-0.4, -0.2) is 31.5 Å². The van der Waals surface area contributed by atoms with Crippen molar-refractivity contribution >= 4 is 9.84 Å². The normalized spacial score (nSPS) is 38.8. The Morgan fingerprint density at radius 3 is 2.38 bits per heavy atom. The molecule has 0 aromatic carbocycles. The SMILES string of the molecule is CCC1CS(=O)(=O)C(C)C(CC)N1. The first-order valence-corrected chi connectivity index (χ1v) is 6.70. The van der Waals surface area contributed by atoms with Gasteiger partial charge in [-0.2, -0.15) is 0 Å². The molecule has 0 radical (unpaired) electrons. The summed E-state index contributed by atoms with van der Waals surface area (Å²) in [6.07, 6.45) is 1.78. The lowest BCUT2D eigenvalue weighted by Gasteiger charge is -2.34. The quantitative estimate of drug-likeness (QED) is 0.730. The molecule has 3 atom stereocenters. The fraction of sp³-hybridized carbons (Fsp3) is 1.00. The van der Waals surface area contributed by atoms with E-state index in [4.69, 9.17) is 0 Å². The lowest BCUT2D eigenvalue weighted by Crippen LogP contribution is -2.55. The third-order valence-electron chi connectivity index (χ3n) is 2.95. The van der Waals surface area contributed by atoms with Gasteiger partial charge in [0.2, 0.25) is 0 Å². The van der Waals surface area contributed by atoms with Gasteiger partial charge >= 0.3 is 0 Å². The summed E-state index contributed by atoms with van der Waals surface area (Å²) in [7, 11) is -2.85. The predicted octanol–water partition coefficient (Wildman–Crippen LogP) is 0.950. The van der Waals surface area contributed by atoms with E-state index in [9.17, 15) is 8.42 Å². The summed E-state index contributed by atoms with van der Waals surface area (Å²) in [5.74, 6) is 0.307. The lowest BCUT2D eigenvalue weighted by molar-refractivity contribution is 0.389. The van der Waals surface area contributed by atoms with E-state index < -0.39 is 9.84 Å². The maximum Gasteiger partial charge on any atom is 0.155 e. The first kappa shape index (κ1) is 11.0. The summed E-state index contributed by atoms with van der Waals surface area (Å²) in [5.41, 5.74) is 0. The highest BCUT2D eigenvalue weighted by Gasteiger charge is 2.36. The zero-order valence-electron chi connectivity index (χ0n) is 8.58. The molecule has 1 N–H and O–H groups in total. The van der Waals surface area contributed by atoms with Crippen molar-refractivity contribution in [3.63, 3.8) is 0 Å². The maximum absolute atomic E-state index is 11.7. The molecule has 0 saturated carbocycles. The number of nitrogens with one attached hydrogen (secondary N) is 1. The van der Waals surface area contributed by atoms with Gasteiger partial charge in [0.05, 0.1) is 11.0 Å². The van der Waals surface area contributed by atoms with Gasteiger partial charge in [-0.05, 0) is 19.8 Å². The summed E-state index contributed by atoms with van der Waals surface area (Å²) in [4.78, 5) is 0. The molecule has 4 heteroatoms. The molecule has 0 amide bonds. The van der Waals surface area contributed by atoms with Crippen LogP contribution >= 0.6 is 0 Å². The van der Waals surface area contributed by atoms with E-state index in [-0.39, 0.29) is 17.3 Å². The molecule has 3 nitrogen and oxygen atoms in total. The van der Waals surface area contributed by atoms with Crippen LogP contribution in [0, 0.1) is 0 Å². The van der Waals surface area contributed by atoms with Gasteiger partial charge in [-0.3, -0.25) is 0 Å². The molecule has 0 aliphatic carbocycles. The molecule has 1 saturated heterocycles. The Morgan fingerprint density at radius 1 is 1.31 bits per heavy atom. The Hall–Kier alpha value is -0.0900. The highest BCUT2D eigenvalue weighted by Crippen LogP contribution is 2.18. The topological polar surface area (TPSA) is 46.2 Å². The summed E-state index contributed by atoms with van der Waals surface area (Å²) >= 11 is 0. The minimum absolute atomic E-state index is 0.142. The number of rotatable bonds is 2. The molecular formula is C9H19NO2S. The van der Waals surface area contributed by atoms with Crippen LogP contribution in [0.5, 0.6) is 0 Å². The molecule has 78 valence electrons. The second kappa shape index (κ2) is 3.96. The highest BCUT2D eigenvalue weighted by atomic mass is 32.2. The van der Waals surface area contributed by atoms with Gasteiger partial charge in [0.15, 0.2) is 9.84 Å². The second-order valence-electron chi connectivity index (χ2n) is 3.82. The molecule has 0 bridgehead atoms. The standard InChI is InChI=1S/C9H19NO2S/c1-4-8-6-13(11,12)7(3)9(5-2)10-8/h7-10H,4-6H2,1-3H3. The lowest BCUT2D eigenvalue weighted by atomic mass is 10.1. The predicted molar refractivity (Wildman–Crippen MR) is 54.5 cm³/mol. The minimum Gasteiger partial charge on any atom is -0.309 e. The molecule has 0 aromatic heterocycles. The van der Waals surface area contributed by atoms with Crippen molar-refractivity contribution in [3.8, 4) is 0 Å². The smallest absolute Gasteiger partial charge is 0.155 e. The fourth-order valence-corrected chi connectivity index (χ4v) is 3.82. The average Bonchev–Trinajstić information content (AvgIpc) is 2.09. The van der Waals surface area contributed by atoms with Crippen molar-refractivity contribution in [2.75, 3.05) is 5.75 Å². The summed E-state index contributed by atoms with van der Waals surface area (Å²) in [6.45, 7) is 5.86. The first-order valence-electron chi connectivity index (χ1n) is 4.98. The van der Waals surface area contributed by atoms with Crippen molar-refractivity contribution in [2.45, 2.75) is 50.9 Å². The molecule has 1 aliphatic rings. The molecule has 13 heavy (non-hydrogen) atoms. The number of sulfone groups is 1. The molecule has 1 rings (SSSR count). The number of hydrogen-bond acceptors (Lipinski definition) is 3. The summed E-state index contributed by atoms with van der Waals surface area (Å²) in [5, 5.41) is 3.16. The van der Waals surface area contributed by atoms with Crippen LogP contribution in [0.15, 0.2) is 0 Å². The van der Waals surface area contributed by atoms with E-state index in [1.807, 2.05) is 20.8 Å². The molecule has 1 heterocycles. The van der Waals surface area contributed by atoms with Gasteiger partial charge in [-0.15, -0.1) is 0 Å². The Bertz CT molecular complexity index is 261. The summed E-state index contributed by atoms with van der Waals surface area (Å²) < 4.78 is 23.4. The molecule has 0 aromatic rings. The van der Waals surface area contributed by atoms with Crippen molar-refractivity contribution in [1.29, 1.82) is 0 Å². The zero-order chi connectivity index (χ0) is 10.1. The van der Waals surface area contributed by atoms with E-state index in [2.05, 4.69) is 5.32 Å². The van der Waals surface area contributed by atoms with E-state index in [1.54, 1.807) is 0 Å². The van der Waals surface area contributed by atoms with Crippen LogP contribution in [0.2, 0.25) is 0 Å². The van der Waals surface area contributed by atoms with Crippen molar-refractivity contribution in [2.24, 2.45) is 0 Å². The van der Waals surface area contributed by atoms with Gasteiger partial charge in [-0.25, -0.2) is 8.42 Å². The highest BCUT2D eigenvalue weighted by molar-refractivity contribution is 7.92. The average molecular weight is 205 g/mol. The Kier molecular flexibility index (Phi) is 3.35. The minimum atomic E-state index is -2.85. The molecule has 3 unspecified atom stereocenters. The second-order valence-corrected chi connectivity index (χ2v) is 6.22. The largest absolute Gasteiger partial charge is 0.309 e. The fourth-order valence-electron chi connectivity index (χ4n) is 1.85. The van der Waals surface area contributed by atoms with Gasteiger partial charge in [-0.1, -0.05) is 13.8 Å². The third kappa shape index (κ3) is 2.23. The molecule has 1 fully saturated rings. The molecular weight excluding hydrogens is 186 g/mol. The van der Waals surface area contributed by atoms with Gasteiger partial charge in [0.25, 0.3) is 0 Å².